The normalized spacial score (nSPS) is 22.0. The Labute approximate surface area is 192 Å². The highest BCUT2D eigenvalue weighted by Crippen LogP contribution is 2.57. The van der Waals surface area contributed by atoms with Gasteiger partial charge in [-0.05, 0) is 59.0 Å². The quantitative estimate of drug-likeness (QED) is 0.478. The molecule has 2 aromatic carbocycles. The molecule has 152 valence electrons. The molecule has 0 atom stereocenters. The van der Waals surface area contributed by atoms with Gasteiger partial charge in [0, 0.05) is 40.5 Å². The van der Waals surface area contributed by atoms with Crippen LogP contribution in [0.3, 0.4) is 0 Å². The molecule has 0 spiro atoms. The number of carbonyl (C=O) groups excluding carboxylic acids is 1. The van der Waals surface area contributed by atoms with Gasteiger partial charge in [0.05, 0.1) is 10.6 Å². The maximum Gasteiger partial charge on any atom is 0.253 e. The highest BCUT2D eigenvalue weighted by Gasteiger charge is 2.65. The molecule has 0 radical (unpaired) electrons. The van der Waals surface area contributed by atoms with Gasteiger partial charge in [-0.2, -0.15) is 5.26 Å². The third kappa shape index (κ3) is 3.85. The van der Waals surface area contributed by atoms with Crippen LogP contribution in [0, 0.1) is 25.7 Å². The Morgan fingerprint density at radius 3 is 2.34 bits per heavy atom. The smallest absolute Gasteiger partial charge is 0.253 e. The van der Waals surface area contributed by atoms with Crippen molar-refractivity contribution in [3.8, 4) is 11.8 Å². The van der Waals surface area contributed by atoms with Gasteiger partial charge in [-0.1, -0.05) is 39.3 Å². The van der Waals surface area contributed by atoms with E-state index >= 15 is 0 Å². The van der Waals surface area contributed by atoms with Gasteiger partial charge in [-0.15, -0.1) is 0 Å². The first kappa shape index (κ1) is 20.5. The first-order valence-electron chi connectivity index (χ1n) is 9.96. The number of hydrogen-bond donors (Lipinski definition) is 0. The van der Waals surface area contributed by atoms with Gasteiger partial charge in [0.2, 0.25) is 0 Å². The van der Waals surface area contributed by atoms with Gasteiger partial charge >= 0.3 is 0 Å². The van der Waals surface area contributed by atoms with Crippen LogP contribution in [0.2, 0.25) is 5.02 Å². The minimum Gasteiger partial charge on any atom is -0.489 e. The van der Waals surface area contributed by atoms with E-state index in [1.165, 1.54) is 0 Å². The molecule has 0 bridgehead atoms. The van der Waals surface area contributed by atoms with Gasteiger partial charge in [-0.25, -0.2) is 0 Å². The summed E-state index contributed by atoms with van der Waals surface area (Å²) in [4.78, 5) is 14.8. The molecule has 0 heterocycles. The zero-order valence-electron chi connectivity index (χ0n) is 17.9. The van der Waals surface area contributed by atoms with Crippen LogP contribution in [0.15, 0.2) is 42.5 Å². The van der Waals surface area contributed by atoms with Crippen molar-refractivity contribution in [2.75, 3.05) is 7.02 Å². The fraction of sp³-hybridized carbons (Fsp3) is 0.391. The zero-order valence-corrected chi connectivity index (χ0v) is 19.8. The molecule has 1 saturated carbocycles. The fourth-order valence-corrected chi connectivity index (χ4v) is 5.46. The molecule has 3 rings (SSSR count). The van der Waals surface area contributed by atoms with Crippen molar-refractivity contribution in [2.45, 2.75) is 39.8 Å². The van der Waals surface area contributed by atoms with Crippen LogP contribution < -0.4 is 4.74 Å². The van der Waals surface area contributed by atoms with Gasteiger partial charge in [0.25, 0.3) is 5.91 Å². The largest absolute Gasteiger partial charge is 0.489 e. The summed E-state index contributed by atoms with van der Waals surface area (Å²) in [6.07, 6.45) is -0.197. The van der Waals surface area contributed by atoms with Crippen LogP contribution in [0.1, 0.15) is 45.0 Å². The molecule has 29 heavy (non-hydrogen) atoms. The van der Waals surface area contributed by atoms with Gasteiger partial charge in [-0.3, -0.25) is 4.79 Å². The summed E-state index contributed by atoms with van der Waals surface area (Å²) < 4.78 is 15.4. The Kier molecular flexibility index (Phi) is 5.52. The molecular weight excluding hydrogens is 499 g/mol. The summed E-state index contributed by atoms with van der Waals surface area (Å²) in [5.74, 6) is 0.442. The maximum absolute atomic E-state index is 13.2. The monoisotopic (exact) mass is 523 g/mol. The van der Waals surface area contributed by atoms with Gasteiger partial charge in [0.1, 0.15) is 17.9 Å². The average Bonchev–Trinajstić information content (AvgIpc) is 2.69. The minimum atomic E-state index is -0.385. The second-order valence-corrected chi connectivity index (χ2v) is 10.2. The van der Waals surface area contributed by atoms with Crippen LogP contribution in [0.25, 0.3) is 0 Å². The Bertz CT molecular complexity index is 985. The summed E-state index contributed by atoms with van der Waals surface area (Å²) in [7, 11) is -0.127. The lowest BCUT2D eigenvalue weighted by atomic mass is 9.49. The molecule has 0 aromatic heterocycles. The first-order valence-corrected chi connectivity index (χ1v) is 10.7. The van der Waals surface area contributed by atoms with E-state index in [4.69, 9.17) is 23.0 Å². The van der Waals surface area contributed by atoms with Crippen molar-refractivity contribution >= 4 is 40.1 Å². The Balaban J connectivity index is 1.86. The summed E-state index contributed by atoms with van der Waals surface area (Å²) in [6.45, 7) is 8.23. The van der Waals surface area contributed by atoms with E-state index in [0.717, 1.165) is 3.57 Å². The second-order valence-electron chi connectivity index (χ2n) is 8.58. The van der Waals surface area contributed by atoms with Crippen molar-refractivity contribution in [3.63, 3.8) is 0 Å². The molecule has 1 aliphatic carbocycles. The van der Waals surface area contributed by atoms with Crippen molar-refractivity contribution in [1.29, 1.82) is 5.26 Å². The van der Waals surface area contributed by atoms with Crippen LogP contribution >= 0.6 is 34.2 Å². The Morgan fingerprint density at radius 1 is 1.21 bits per heavy atom. The molecule has 0 N–H and O–H groups in total. The van der Waals surface area contributed by atoms with E-state index in [-0.39, 0.29) is 35.9 Å². The summed E-state index contributed by atoms with van der Waals surface area (Å²) >= 11 is 8.36. The van der Waals surface area contributed by atoms with Crippen LogP contribution in [-0.4, -0.2) is 30.0 Å². The molecule has 0 unspecified atom stereocenters. The van der Waals surface area contributed by atoms with Crippen LogP contribution in [0.4, 0.5) is 0 Å². The molecule has 0 saturated heterocycles. The Morgan fingerprint density at radius 2 is 1.83 bits per heavy atom. The van der Waals surface area contributed by atoms with Crippen molar-refractivity contribution in [2.24, 2.45) is 10.8 Å². The SMILES string of the molecule is [2H]CN(C(=O)c1ccc(I)cc1)C1C(C)(C)C(Oc2ccc(C#N)c(Cl)c2)C1(C)C. The number of nitriles is 1. The number of rotatable bonds is 4. The molecule has 6 heteroatoms. The van der Waals surface area contributed by atoms with E-state index in [1.807, 2.05) is 18.2 Å². The third-order valence-corrected chi connectivity index (χ3v) is 6.77. The molecule has 1 aliphatic rings. The summed E-state index contributed by atoms with van der Waals surface area (Å²) in [6, 6.07) is 14.3. The number of nitrogens with zero attached hydrogens (tertiary/aromatic N) is 2. The second kappa shape index (κ2) is 7.81. The summed E-state index contributed by atoms with van der Waals surface area (Å²) in [5, 5.41) is 9.42. The number of benzene rings is 2. The predicted molar refractivity (Wildman–Crippen MR) is 123 cm³/mol. The van der Waals surface area contributed by atoms with Crippen molar-refractivity contribution < 1.29 is 10.9 Å². The lowest BCUT2D eigenvalue weighted by Crippen LogP contribution is -2.74. The number of halogens is 2. The zero-order chi connectivity index (χ0) is 22.3. The minimum absolute atomic E-state index is 0.127. The first-order chi connectivity index (χ1) is 14.0. The van der Waals surface area contributed by atoms with Crippen LogP contribution in [-0.2, 0) is 0 Å². The van der Waals surface area contributed by atoms with E-state index in [1.54, 1.807) is 35.2 Å². The molecule has 1 fully saturated rings. The van der Waals surface area contributed by atoms with E-state index < -0.39 is 0 Å². The summed E-state index contributed by atoms with van der Waals surface area (Å²) in [5.41, 5.74) is 0.211. The number of carbonyl (C=O) groups is 1. The number of hydrogen-bond acceptors (Lipinski definition) is 3. The molecule has 2 aromatic rings. The van der Waals surface area contributed by atoms with Crippen molar-refractivity contribution in [3.05, 3.63) is 62.2 Å². The molecule has 0 aliphatic heterocycles. The predicted octanol–water partition coefficient (Wildman–Crippen LogP) is 5.77. The van der Waals surface area contributed by atoms with Crippen LogP contribution in [0.5, 0.6) is 5.75 Å². The lowest BCUT2D eigenvalue weighted by molar-refractivity contribution is -0.195. The standard InChI is InChI=1S/C23H24ClIN2O2/c1-22(2)20(27(5)19(28)14-6-9-16(25)10-7-14)23(3,4)21(22)29-17-11-8-15(13-26)18(24)12-17/h6-12,20-21H,1-5H3/i5D. The highest BCUT2D eigenvalue weighted by atomic mass is 127. The van der Waals surface area contributed by atoms with Crippen molar-refractivity contribution in [1.82, 2.24) is 4.90 Å². The van der Waals surface area contributed by atoms with E-state index in [2.05, 4.69) is 50.3 Å². The molecular formula is C23H24ClIN2O2. The fourth-order valence-electron chi connectivity index (χ4n) is 4.89. The molecule has 4 nitrogen and oxygen atoms in total. The molecule has 1 amide bonds. The Hall–Kier alpha value is -1.78. The maximum atomic E-state index is 13.2. The average molecular weight is 524 g/mol. The topological polar surface area (TPSA) is 53.3 Å². The number of amides is 1. The lowest BCUT2D eigenvalue weighted by Gasteiger charge is -2.65. The van der Waals surface area contributed by atoms with E-state index in [0.29, 0.717) is 21.9 Å². The van der Waals surface area contributed by atoms with E-state index in [9.17, 15) is 4.79 Å². The van der Waals surface area contributed by atoms with Gasteiger partial charge in [0.15, 0.2) is 0 Å². The number of ether oxygens (including phenoxy) is 1. The highest BCUT2D eigenvalue weighted by molar-refractivity contribution is 14.1. The van der Waals surface area contributed by atoms with Gasteiger partial charge < -0.3 is 9.64 Å². The third-order valence-electron chi connectivity index (χ3n) is 5.74.